The number of aryl methyl sites for hydroxylation is 1. The lowest BCUT2D eigenvalue weighted by molar-refractivity contribution is 0.425. The molecule has 0 aliphatic carbocycles. The third kappa shape index (κ3) is 1.99. The van der Waals surface area contributed by atoms with Crippen LogP contribution in [0, 0.1) is 6.92 Å². The van der Waals surface area contributed by atoms with Crippen molar-refractivity contribution in [2.45, 2.75) is 11.8 Å². The van der Waals surface area contributed by atoms with Crippen molar-refractivity contribution in [3.05, 3.63) is 23.8 Å². The Morgan fingerprint density at radius 3 is 2.45 bits per heavy atom. The van der Waals surface area contributed by atoms with Crippen molar-refractivity contribution in [3.8, 4) is 0 Å². The molecule has 2 N–H and O–H groups in total. The van der Waals surface area contributed by atoms with Crippen molar-refractivity contribution in [1.29, 1.82) is 0 Å². The molecule has 0 fully saturated rings. The van der Waals surface area contributed by atoms with Gasteiger partial charge in [0.05, 0.1) is 0 Å². The predicted molar refractivity (Wildman–Crippen MR) is 48.3 cm³/mol. The highest BCUT2D eigenvalue weighted by atomic mass is 32.1. The average Bonchev–Trinajstić information content (AvgIpc) is 1.94. The van der Waals surface area contributed by atoms with E-state index in [9.17, 15) is 0 Å². The minimum absolute atomic E-state index is 0.473. The van der Waals surface area contributed by atoms with Crippen LogP contribution >= 0.6 is 12.6 Å². The van der Waals surface area contributed by atoms with Gasteiger partial charge in [0.25, 0.3) is 0 Å². The van der Waals surface area contributed by atoms with Crippen LogP contribution in [0.2, 0.25) is 0 Å². The third-order valence-corrected chi connectivity index (χ3v) is 2.01. The van der Waals surface area contributed by atoms with E-state index in [1.807, 2.05) is 6.92 Å². The highest BCUT2D eigenvalue weighted by Crippen LogP contribution is 2.09. The zero-order valence-electron chi connectivity index (χ0n) is 6.15. The van der Waals surface area contributed by atoms with Crippen molar-refractivity contribution in [1.82, 2.24) is 0 Å². The lowest BCUT2D eigenvalue weighted by Gasteiger charge is -2.02. The molecule has 4 heteroatoms. The highest BCUT2D eigenvalue weighted by molar-refractivity contribution is 7.80. The molecular formula is C7H9BO2S. The summed E-state index contributed by atoms with van der Waals surface area (Å²) >= 11 is 4.14. The Bertz CT molecular complexity index is 263. The first-order valence-electron chi connectivity index (χ1n) is 3.27. The molecule has 0 bridgehead atoms. The van der Waals surface area contributed by atoms with Gasteiger partial charge in [-0.25, -0.2) is 0 Å². The first-order valence-corrected chi connectivity index (χ1v) is 3.71. The Morgan fingerprint density at radius 1 is 1.36 bits per heavy atom. The van der Waals surface area contributed by atoms with Gasteiger partial charge in [-0.2, -0.15) is 0 Å². The second-order valence-corrected chi connectivity index (χ2v) is 2.90. The summed E-state index contributed by atoms with van der Waals surface area (Å²) in [6, 6.07) is 5.11. The summed E-state index contributed by atoms with van der Waals surface area (Å²) in [5.74, 6) is 0. The number of hydrogen-bond acceptors (Lipinski definition) is 3. The standard InChI is InChI=1S/C7H9BO2S/c1-5-2-3-6(8(9)10)4-7(5)11/h2-4,9-11H,1H3. The maximum atomic E-state index is 8.76. The number of benzene rings is 1. The fourth-order valence-electron chi connectivity index (χ4n) is 0.787. The molecule has 1 rings (SSSR count). The van der Waals surface area contributed by atoms with Crippen LogP contribution in [-0.2, 0) is 0 Å². The van der Waals surface area contributed by atoms with Gasteiger partial charge >= 0.3 is 7.12 Å². The lowest BCUT2D eigenvalue weighted by atomic mass is 9.80. The van der Waals surface area contributed by atoms with E-state index in [2.05, 4.69) is 12.6 Å². The van der Waals surface area contributed by atoms with E-state index in [-0.39, 0.29) is 0 Å². The van der Waals surface area contributed by atoms with Crippen LogP contribution in [0.15, 0.2) is 23.1 Å². The van der Waals surface area contributed by atoms with E-state index >= 15 is 0 Å². The monoisotopic (exact) mass is 168 g/mol. The molecule has 0 atom stereocenters. The number of hydrogen-bond donors (Lipinski definition) is 3. The largest absolute Gasteiger partial charge is 0.488 e. The maximum absolute atomic E-state index is 8.76. The Labute approximate surface area is 71.4 Å². The molecular weight excluding hydrogens is 159 g/mol. The lowest BCUT2D eigenvalue weighted by Crippen LogP contribution is -2.29. The molecule has 58 valence electrons. The van der Waals surface area contributed by atoms with E-state index in [0.717, 1.165) is 10.5 Å². The first-order chi connectivity index (χ1) is 5.11. The second-order valence-electron chi connectivity index (χ2n) is 2.42. The van der Waals surface area contributed by atoms with Crippen molar-refractivity contribution in [2.75, 3.05) is 0 Å². The molecule has 0 aliphatic rings. The molecule has 0 unspecified atom stereocenters. The Morgan fingerprint density at radius 2 is 2.00 bits per heavy atom. The van der Waals surface area contributed by atoms with E-state index in [1.54, 1.807) is 18.2 Å². The molecule has 0 spiro atoms. The minimum atomic E-state index is -1.40. The second kappa shape index (κ2) is 3.30. The quantitative estimate of drug-likeness (QED) is 0.407. The van der Waals surface area contributed by atoms with Crippen molar-refractivity contribution in [2.24, 2.45) is 0 Å². The van der Waals surface area contributed by atoms with Crippen molar-refractivity contribution < 1.29 is 10.0 Å². The molecule has 1 aromatic rings. The molecule has 0 heterocycles. The van der Waals surface area contributed by atoms with Crippen LogP contribution in [0.25, 0.3) is 0 Å². The van der Waals surface area contributed by atoms with Gasteiger partial charge in [0, 0.05) is 4.90 Å². The molecule has 11 heavy (non-hydrogen) atoms. The molecule has 2 nitrogen and oxygen atoms in total. The molecule has 0 saturated heterocycles. The van der Waals surface area contributed by atoms with Gasteiger partial charge < -0.3 is 10.0 Å². The zero-order chi connectivity index (χ0) is 8.43. The molecule has 0 aliphatic heterocycles. The van der Waals surface area contributed by atoms with Crippen LogP contribution in [0.5, 0.6) is 0 Å². The number of rotatable bonds is 1. The average molecular weight is 168 g/mol. The fourth-order valence-corrected chi connectivity index (χ4v) is 1.01. The van der Waals surface area contributed by atoms with Crippen LogP contribution in [-0.4, -0.2) is 17.2 Å². The van der Waals surface area contributed by atoms with Crippen LogP contribution in [0.4, 0.5) is 0 Å². The van der Waals surface area contributed by atoms with Gasteiger partial charge in [-0.05, 0) is 24.0 Å². The normalized spacial score (nSPS) is 9.82. The molecule has 1 aromatic carbocycles. The molecule has 0 amide bonds. The summed E-state index contributed by atoms with van der Waals surface area (Å²) in [5.41, 5.74) is 1.50. The highest BCUT2D eigenvalue weighted by Gasteiger charge is 2.10. The fraction of sp³-hybridized carbons (Fsp3) is 0.143. The van der Waals surface area contributed by atoms with Gasteiger partial charge in [-0.15, -0.1) is 12.6 Å². The van der Waals surface area contributed by atoms with Crippen molar-refractivity contribution in [3.63, 3.8) is 0 Å². The van der Waals surface area contributed by atoms with Gasteiger partial charge in [0.15, 0.2) is 0 Å². The minimum Gasteiger partial charge on any atom is -0.423 e. The predicted octanol–water partition coefficient (Wildman–Crippen LogP) is -0.0365. The van der Waals surface area contributed by atoms with Gasteiger partial charge in [0.1, 0.15) is 0 Å². The topological polar surface area (TPSA) is 40.5 Å². The van der Waals surface area contributed by atoms with E-state index in [4.69, 9.17) is 10.0 Å². The first kappa shape index (κ1) is 8.65. The SMILES string of the molecule is Cc1ccc(B(O)O)cc1S. The van der Waals surface area contributed by atoms with Crippen LogP contribution < -0.4 is 5.46 Å². The summed E-state index contributed by atoms with van der Waals surface area (Å²) in [6.07, 6.45) is 0. The summed E-state index contributed by atoms with van der Waals surface area (Å²) in [4.78, 5) is 0.774. The zero-order valence-corrected chi connectivity index (χ0v) is 7.05. The molecule has 0 saturated carbocycles. The van der Waals surface area contributed by atoms with Gasteiger partial charge in [-0.3, -0.25) is 0 Å². The van der Waals surface area contributed by atoms with Gasteiger partial charge in [0.2, 0.25) is 0 Å². The Kier molecular flexibility index (Phi) is 2.60. The molecule has 0 aromatic heterocycles. The van der Waals surface area contributed by atoms with Crippen LogP contribution in [0.1, 0.15) is 5.56 Å². The van der Waals surface area contributed by atoms with E-state index < -0.39 is 7.12 Å². The Balaban J connectivity index is 3.05. The van der Waals surface area contributed by atoms with Crippen molar-refractivity contribution >= 4 is 25.2 Å². The maximum Gasteiger partial charge on any atom is 0.488 e. The van der Waals surface area contributed by atoms with Gasteiger partial charge in [-0.1, -0.05) is 12.1 Å². The molecule has 0 radical (unpaired) electrons. The summed E-state index contributed by atoms with van der Waals surface area (Å²) in [5, 5.41) is 17.5. The number of thiol groups is 1. The third-order valence-electron chi connectivity index (χ3n) is 1.53. The van der Waals surface area contributed by atoms with Crippen LogP contribution in [0.3, 0.4) is 0 Å². The smallest absolute Gasteiger partial charge is 0.423 e. The summed E-state index contributed by atoms with van der Waals surface area (Å²) < 4.78 is 0. The van der Waals surface area contributed by atoms with E-state index in [1.165, 1.54) is 0 Å². The summed E-state index contributed by atoms with van der Waals surface area (Å²) in [7, 11) is -1.40. The summed E-state index contributed by atoms with van der Waals surface area (Å²) in [6.45, 7) is 1.91. The Hall–Kier alpha value is -0.445. The van der Waals surface area contributed by atoms with E-state index in [0.29, 0.717) is 5.46 Å².